The van der Waals surface area contributed by atoms with Crippen LogP contribution in [0.1, 0.15) is 70.3 Å². The van der Waals surface area contributed by atoms with Gasteiger partial charge in [0.1, 0.15) is 17.7 Å². The molecule has 1 aromatic carbocycles. The van der Waals surface area contributed by atoms with Crippen molar-refractivity contribution in [3.05, 3.63) is 48.7 Å². The molecule has 3 amide bonds. The molecule has 4 atom stereocenters. The average Bonchev–Trinajstić information content (AvgIpc) is 3.82. The van der Waals surface area contributed by atoms with Gasteiger partial charge in [0.15, 0.2) is 6.04 Å². The monoisotopic (exact) mass is 693 g/mol. The zero-order chi connectivity index (χ0) is 34.7. The van der Waals surface area contributed by atoms with E-state index >= 15 is 0 Å². The minimum atomic E-state index is -4.96. The number of ether oxygens (including phenoxy) is 1. The second-order valence-electron chi connectivity index (χ2n) is 12.8. The van der Waals surface area contributed by atoms with Gasteiger partial charge in [-0.25, -0.2) is 13.4 Å². The number of rotatable bonds is 7. The Labute approximate surface area is 278 Å². The van der Waals surface area contributed by atoms with Crippen molar-refractivity contribution in [3.8, 4) is 5.88 Å². The average molecular weight is 694 g/mol. The van der Waals surface area contributed by atoms with Crippen LogP contribution in [0.3, 0.4) is 0 Å². The molecule has 1 saturated heterocycles. The number of benzene rings is 1. The Kier molecular flexibility index (Phi) is 10.7. The first kappa shape index (κ1) is 35.6. The normalized spacial score (nSPS) is 24.2. The van der Waals surface area contributed by atoms with Crippen LogP contribution in [0.15, 0.2) is 43.1 Å². The van der Waals surface area contributed by atoms with Gasteiger partial charge in [0.05, 0.1) is 11.8 Å². The second-order valence-corrected chi connectivity index (χ2v) is 14.8. The zero-order valence-electron chi connectivity index (χ0n) is 26.9. The zero-order valence-corrected chi connectivity index (χ0v) is 27.7. The number of alkyl halides is 3. The smallest absolute Gasteiger partial charge is 0.412 e. The maximum absolute atomic E-state index is 14.3. The van der Waals surface area contributed by atoms with E-state index < -0.39 is 62.9 Å². The van der Waals surface area contributed by atoms with E-state index in [4.69, 9.17) is 4.74 Å². The van der Waals surface area contributed by atoms with Gasteiger partial charge in [0.2, 0.25) is 27.7 Å². The first-order valence-electron chi connectivity index (χ1n) is 16.4. The van der Waals surface area contributed by atoms with Crippen LogP contribution in [0.4, 0.5) is 13.2 Å². The first-order valence-corrected chi connectivity index (χ1v) is 18.0. The van der Waals surface area contributed by atoms with Gasteiger partial charge in [-0.05, 0) is 68.2 Å². The minimum Gasteiger partial charge on any atom is -0.472 e. The van der Waals surface area contributed by atoms with E-state index in [1.807, 2.05) is 29.0 Å². The molecule has 0 spiro atoms. The summed E-state index contributed by atoms with van der Waals surface area (Å²) >= 11 is 0. The van der Waals surface area contributed by atoms with E-state index in [0.29, 0.717) is 31.1 Å². The Balaban J connectivity index is 1.47. The predicted octanol–water partition coefficient (Wildman–Crippen LogP) is 3.67. The fourth-order valence-electron chi connectivity index (χ4n) is 6.29. The summed E-state index contributed by atoms with van der Waals surface area (Å²) in [5, 5.41) is 5.69. The molecule has 4 bridgehead atoms. The number of fused-ring (bicyclic) bond motifs is 3. The number of hydrogen-bond acceptors (Lipinski definition) is 8. The van der Waals surface area contributed by atoms with Crippen molar-refractivity contribution >= 4 is 38.5 Å². The number of pyridine rings is 1. The van der Waals surface area contributed by atoms with Gasteiger partial charge in [0, 0.05) is 18.0 Å². The van der Waals surface area contributed by atoms with Crippen LogP contribution >= 0.6 is 0 Å². The molecule has 5 rings (SSSR count). The van der Waals surface area contributed by atoms with Crippen LogP contribution in [0, 0.1) is 0 Å². The Morgan fingerprint density at radius 1 is 1.15 bits per heavy atom. The lowest BCUT2D eigenvalue weighted by Gasteiger charge is -2.33. The topological polar surface area (TPSA) is 147 Å². The second kappa shape index (κ2) is 14.4. The number of nitrogens with zero attached hydrogens (tertiary/aromatic N) is 2. The van der Waals surface area contributed by atoms with Crippen LogP contribution < -0.4 is 20.1 Å². The molecule has 1 saturated carbocycles. The number of amides is 3. The summed E-state index contributed by atoms with van der Waals surface area (Å²) < 4.78 is 76.4. The SMILES string of the molecule is C=C[C@](CC)(NC(=O)[C@@H]1C[C@@H]2CN1C(=O)[C@H](C(F)(F)F)NCCCCCCCc1ccc3ccnc(c3c1)O2)C(=O)NS(=O)(=O)C1CC1. The van der Waals surface area contributed by atoms with Crippen LogP contribution in [0.5, 0.6) is 5.88 Å². The molecule has 15 heteroatoms. The lowest BCUT2D eigenvalue weighted by Crippen LogP contribution is -2.63. The molecule has 0 radical (unpaired) electrons. The van der Waals surface area contributed by atoms with Crippen LogP contribution in [0.25, 0.3) is 10.8 Å². The highest BCUT2D eigenvalue weighted by Crippen LogP contribution is 2.32. The van der Waals surface area contributed by atoms with Gasteiger partial charge in [-0.15, -0.1) is 6.58 Å². The Hall–Kier alpha value is -3.72. The molecule has 3 heterocycles. The number of aromatic nitrogens is 1. The van der Waals surface area contributed by atoms with Crippen LogP contribution in [0.2, 0.25) is 0 Å². The number of sulfonamides is 1. The van der Waals surface area contributed by atoms with Crippen molar-refractivity contribution in [2.75, 3.05) is 13.1 Å². The molecule has 11 nitrogen and oxygen atoms in total. The van der Waals surface area contributed by atoms with Crippen molar-refractivity contribution in [2.45, 2.75) is 106 Å². The molecule has 262 valence electrons. The molecule has 0 unspecified atom stereocenters. The molecule has 48 heavy (non-hydrogen) atoms. The van der Waals surface area contributed by atoms with E-state index in [1.165, 1.54) is 6.92 Å². The summed E-state index contributed by atoms with van der Waals surface area (Å²) in [6.45, 7) is 4.74. The molecule has 3 N–H and O–H groups in total. The summed E-state index contributed by atoms with van der Waals surface area (Å²) in [6.07, 6.45) is 1.74. The Bertz CT molecular complexity index is 1650. The summed E-state index contributed by atoms with van der Waals surface area (Å²) in [7, 11) is -4.00. The third-order valence-corrected chi connectivity index (χ3v) is 11.2. The molecule has 3 aliphatic rings. The molecule has 1 aromatic heterocycles. The fraction of sp³-hybridized carbons (Fsp3) is 0.576. The van der Waals surface area contributed by atoms with Gasteiger partial charge in [0.25, 0.3) is 5.91 Å². The largest absolute Gasteiger partial charge is 0.472 e. The molecule has 1 aliphatic carbocycles. The number of aryl methyl sites for hydroxylation is 1. The van der Waals surface area contributed by atoms with Crippen molar-refractivity contribution < 1.29 is 40.7 Å². The fourth-order valence-corrected chi connectivity index (χ4v) is 7.65. The maximum Gasteiger partial charge on any atom is 0.412 e. The summed E-state index contributed by atoms with van der Waals surface area (Å²) in [6, 6.07) is 3.71. The Morgan fingerprint density at radius 3 is 2.56 bits per heavy atom. The van der Waals surface area contributed by atoms with Crippen molar-refractivity contribution in [2.24, 2.45) is 0 Å². The van der Waals surface area contributed by atoms with Gasteiger partial charge >= 0.3 is 6.18 Å². The van der Waals surface area contributed by atoms with E-state index in [0.717, 1.165) is 47.6 Å². The quantitative estimate of drug-likeness (QED) is 0.373. The number of carbonyl (C=O) groups is 3. The minimum absolute atomic E-state index is 0.0560. The summed E-state index contributed by atoms with van der Waals surface area (Å²) in [5.74, 6) is -3.13. The van der Waals surface area contributed by atoms with E-state index in [-0.39, 0.29) is 31.8 Å². The van der Waals surface area contributed by atoms with Crippen molar-refractivity contribution in [1.82, 2.24) is 25.2 Å². The molecule has 2 fully saturated rings. The van der Waals surface area contributed by atoms with E-state index in [2.05, 4.69) is 22.2 Å². The van der Waals surface area contributed by atoms with Gasteiger partial charge in [-0.3, -0.25) is 24.4 Å². The molecular formula is C33H42F3N5O6S. The van der Waals surface area contributed by atoms with Crippen LogP contribution in [-0.2, 0) is 30.8 Å². The molecule has 2 aliphatic heterocycles. The standard InChI is InChI=1S/C33H42F3N5O6S/c1-3-32(4-2,31(44)40-48(45,46)24-13-14-24)39-28(42)26-19-23-20-41(26)30(43)27(33(34,35)36)37-16-9-7-5-6-8-10-21-11-12-22-15-17-38-29(47-23)25(22)18-21/h3,11-12,15,17-18,23-24,26-27,37H,1,4-10,13-14,16,19-20H2,2H3,(H,39,42)(H,40,44)/t23-,26+,27-,32-/m1/s1. The number of halogens is 3. The third-order valence-electron chi connectivity index (χ3n) is 9.34. The summed E-state index contributed by atoms with van der Waals surface area (Å²) in [4.78, 5) is 46.1. The highest BCUT2D eigenvalue weighted by molar-refractivity contribution is 7.91. The van der Waals surface area contributed by atoms with E-state index in [9.17, 15) is 36.0 Å². The summed E-state index contributed by atoms with van der Waals surface area (Å²) in [5.41, 5.74) is -0.840. The third kappa shape index (κ3) is 7.94. The van der Waals surface area contributed by atoms with Gasteiger partial charge in [-0.2, -0.15) is 13.2 Å². The number of nitrogens with one attached hydrogen (secondary N) is 3. The Morgan fingerprint density at radius 2 is 1.88 bits per heavy atom. The van der Waals surface area contributed by atoms with Crippen molar-refractivity contribution in [1.29, 1.82) is 0 Å². The maximum atomic E-state index is 14.3. The number of hydrogen-bond donors (Lipinski definition) is 3. The van der Waals surface area contributed by atoms with Crippen molar-refractivity contribution in [3.63, 3.8) is 0 Å². The van der Waals surface area contributed by atoms with Gasteiger partial charge < -0.3 is 15.0 Å². The molecule has 2 aromatic rings. The van der Waals surface area contributed by atoms with Crippen LogP contribution in [-0.4, -0.2) is 84.3 Å². The molecular weight excluding hydrogens is 651 g/mol. The highest BCUT2D eigenvalue weighted by Gasteiger charge is 2.52. The van der Waals surface area contributed by atoms with E-state index in [1.54, 1.807) is 6.20 Å². The van der Waals surface area contributed by atoms with Gasteiger partial charge in [-0.1, -0.05) is 44.4 Å². The highest BCUT2D eigenvalue weighted by atomic mass is 32.2. The lowest BCUT2D eigenvalue weighted by atomic mass is 9.94. The first-order chi connectivity index (χ1) is 22.8. The number of carbonyl (C=O) groups excluding carboxylic acids is 3. The lowest BCUT2D eigenvalue weighted by molar-refractivity contribution is -0.177. The predicted molar refractivity (Wildman–Crippen MR) is 172 cm³/mol.